The molecular weight excluding hydrogens is 286 g/mol. The zero-order valence-corrected chi connectivity index (χ0v) is 12.6. The molecule has 0 saturated heterocycles. The number of carbonyl (C=O) groups excluding carboxylic acids is 1. The first-order valence-electron chi connectivity index (χ1n) is 7.40. The van der Waals surface area contributed by atoms with Gasteiger partial charge in [-0.25, -0.2) is 0 Å². The Morgan fingerprint density at radius 2 is 1.48 bits per heavy atom. The van der Waals surface area contributed by atoms with Crippen molar-refractivity contribution in [3.05, 3.63) is 95.6 Å². The van der Waals surface area contributed by atoms with Crippen LogP contribution < -0.4 is 10.5 Å². The van der Waals surface area contributed by atoms with Crippen molar-refractivity contribution in [2.45, 2.75) is 6.61 Å². The summed E-state index contributed by atoms with van der Waals surface area (Å²) in [6, 6.07) is 24.0. The third kappa shape index (κ3) is 3.58. The maximum Gasteiger partial charge on any atom is 0.193 e. The second-order valence-electron chi connectivity index (χ2n) is 5.21. The van der Waals surface area contributed by atoms with Crippen LogP contribution in [0.1, 0.15) is 21.5 Å². The maximum absolute atomic E-state index is 12.7. The van der Waals surface area contributed by atoms with Gasteiger partial charge in [0.05, 0.1) is 0 Å². The van der Waals surface area contributed by atoms with Crippen molar-refractivity contribution < 1.29 is 9.53 Å². The van der Waals surface area contributed by atoms with Crippen LogP contribution in [0.5, 0.6) is 5.75 Å². The molecule has 3 heteroatoms. The summed E-state index contributed by atoms with van der Waals surface area (Å²) in [7, 11) is 0. The number of anilines is 1. The summed E-state index contributed by atoms with van der Waals surface area (Å²) in [5.74, 6) is 0.750. The van der Waals surface area contributed by atoms with Crippen LogP contribution in [0, 0.1) is 0 Å². The third-order valence-electron chi connectivity index (χ3n) is 3.57. The molecule has 0 amide bonds. The summed E-state index contributed by atoms with van der Waals surface area (Å²) in [5.41, 5.74) is 8.44. The number of hydrogen-bond donors (Lipinski definition) is 1. The fraction of sp³-hybridized carbons (Fsp3) is 0.0500. The Morgan fingerprint density at radius 3 is 2.22 bits per heavy atom. The van der Waals surface area contributed by atoms with Crippen LogP contribution in [0.25, 0.3) is 0 Å². The molecule has 3 nitrogen and oxygen atoms in total. The zero-order chi connectivity index (χ0) is 16.1. The molecule has 0 fully saturated rings. The minimum atomic E-state index is -0.0303. The van der Waals surface area contributed by atoms with Crippen LogP contribution in [0.2, 0.25) is 0 Å². The number of ketones is 1. The lowest BCUT2D eigenvalue weighted by molar-refractivity contribution is 0.103. The van der Waals surface area contributed by atoms with Gasteiger partial charge in [-0.15, -0.1) is 0 Å². The van der Waals surface area contributed by atoms with Gasteiger partial charge < -0.3 is 10.5 Å². The second-order valence-corrected chi connectivity index (χ2v) is 5.21. The molecule has 0 aliphatic carbocycles. The van der Waals surface area contributed by atoms with Gasteiger partial charge in [0.25, 0.3) is 0 Å². The highest BCUT2D eigenvalue weighted by molar-refractivity contribution is 6.10. The molecule has 0 unspecified atom stereocenters. The monoisotopic (exact) mass is 303 g/mol. The highest BCUT2D eigenvalue weighted by Gasteiger charge is 2.13. The van der Waals surface area contributed by atoms with E-state index >= 15 is 0 Å². The van der Waals surface area contributed by atoms with E-state index in [1.54, 1.807) is 24.3 Å². The lowest BCUT2D eigenvalue weighted by atomic mass is 9.98. The van der Waals surface area contributed by atoms with Crippen molar-refractivity contribution in [2.75, 3.05) is 5.73 Å². The predicted octanol–water partition coefficient (Wildman–Crippen LogP) is 4.08. The Morgan fingerprint density at radius 1 is 0.826 bits per heavy atom. The first-order chi connectivity index (χ1) is 11.2. The normalized spacial score (nSPS) is 10.3. The highest BCUT2D eigenvalue weighted by Crippen LogP contribution is 2.18. The summed E-state index contributed by atoms with van der Waals surface area (Å²) in [5, 5.41) is 0. The standard InChI is InChI=1S/C20H17NO2/c21-17-12-10-15(11-13-17)20(22)19-9-5-4-6-16(19)14-23-18-7-2-1-3-8-18/h1-13H,14,21H2. The molecule has 0 atom stereocenters. The molecule has 3 rings (SSSR count). The van der Waals surface area contributed by atoms with E-state index in [4.69, 9.17) is 10.5 Å². The first kappa shape index (κ1) is 14.9. The van der Waals surface area contributed by atoms with E-state index in [2.05, 4.69) is 0 Å². The van der Waals surface area contributed by atoms with Gasteiger partial charge >= 0.3 is 0 Å². The number of carbonyl (C=O) groups is 1. The molecule has 0 aliphatic heterocycles. The first-order valence-corrected chi connectivity index (χ1v) is 7.40. The van der Waals surface area contributed by atoms with E-state index in [0.717, 1.165) is 11.3 Å². The Labute approximate surface area is 135 Å². The number of nitrogen functional groups attached to an aromatic ring is 1. The van der Waals surface area contributed by atoms with E-state index in [9.17, 15) is 4.79 Å². The molecule has 0 spiro atoms. The molecule has 114 valence electrons. The second kappa shape index (κ2) is 6.79. The number of para-hydroxylation sites is 1. The van der Waals surface area contributed by atoms with Gasteiger partial charge in [0, 0.05) is 22.4 Å². The van der Waals surface area contributed by atoms with E-state index in [1.807, 2.05) is 54.6 Å². The average molecular weight is 303 g/mol. The molecule has 0 aromatic heterocycles. The summed E-state index contributed by atoms with van der Waals surface area (Å²) in [6.45, 7) is 0.348. The van der Waals surface area contributed by atoms with Crippen molar-refractivity contribution in [3.63, 3.8) is 0 Å². The quantitative estimate of drug-likeness (QED) is 0.571. The Kier molecular flexibility index (Phi) is 4.39. The predicted molar refractivity (Wildman–Crippen MR) is 91.5 cm³/mol. The van der Waals surface area contributed by atoms with Gasteiger partial charge in [0.15, 0.2) is 5.78 Å². The number of rotatable bonds is 5. The van der Waals surface area contributed by atoms with Crippen molar-refractivity contribution in [3.8, 4) is 5.75 Å². The van der Waals surface area contributed by atoms with Gasteiger partial charge in [-0.3, -0.25) is 4.79 Å². The maximum atomic E-state index is 12.7. The molecule has 2 N–H and O–H groups in total. The Hall–Kier alpha value is -3.07. The molecular formula is C20H17NO2. The minimum Gasteiger partial charge on any atom is -0.489 e. The zero-order valence-electron chi connectivity index (χ0n) is 12.6. The fourth-order valence-electron chi connectivity index (χ4n) is 2.34. The average Bonchev–Trinajstić information content (AvgIpc) is 2.61. The minimum absolute atomic E-state index is 0.0303. The molecule has 3 aromatic carbocycles. The van der Waals surface area contributed by atoms with Gasteiger partial charge in [0.2, 0.25) is 0 Å². The topological polar surface area (TPSA) is 52.3 Å². The number of hydrogen-bond acceptors (Lipinski definition) is 3. The molecule has 0 radical (unpaired) electrons. The van der Waals surface area contributed by atoms with E-state index in [1.165, 1.54) is 0 Å². The summed E-state index contributed by atoms with van der Waals surface area (Å²) >= 11 is 0. The molecule has 0 bridgehead atoms. The van der Waals surface area contributed by atoms with Crippen LogP contribution in [-0.2, 0) is 6.61 Å². The van der Waals surface area contributed by atoms with Crippen LogP contribution in [-0.4, -0.2) is 5.78 Å². The molecule has 0 saturated carbocycles. The van der Waals surface area contributed by atoms with Gasteiger partial charge in [-0.05, 0) is 36.4 Å². The number of ether oxygens (including phenoxy) is 1. The molecule has 0 aliphatic rings. The van der Waals surface area contributed by atoms with Gasteiger partial charge in [-0.2, -0.15) is 0 Å². The number of benzene rings is 3. The number of nitrogens with two attached hydrogens (primary N) is 1. The Balaban J connectivity index is 1.82. The highest BCUT2D eigenvalue weighted by atomic mass is 16.5. The van der Waals surface area contributed by atoms with Crippen molar-refractivity contribution in [2.24, 2.45) is 0 Å². The Bertz CT molecular complexity index is 795. The van der Waals surface area contributed by atoms with Crippen molar-refractivity contribution in [1.82, 2.24) is 0 Å². The van der Waals surface area contributed by atoms with Crippen LogP contribution in [0.4, 0.5) is 5.69 Å². The van der Waals surface area contributed by atoms with Crippen molar-refractivity contribution >= 4 is 11.5 Å². The van der Waals surface area contributed by atoms with Crippen LogP contribution in [0.15, 0.2) is 78.9 Å². The third-order valence-corrected chi connectivity index (χ3v) is 3.57. The fourth-order valence-corrected chi connectivity index (χ4v) is 2.34. The SMILES string of the molecule is Nc1ccc(C(=O)c2ccccc2COc2ccccc2)cc1. The summed E-state index contributed by atoms with van der Waals surface area (Å²) in [6.07, 6.45) is 0. The summed E-state index contributed by atoms with van der Waals surface area (Å²) < 4.78 is 5.77. The lowest BCUT2D eigenvalue weighted by Gasteiger charge is -2.10. The smallest absolute Gasteiger partial charge is 0.193 e. The van der Waals surface area contributed by atoms with E-state index in [-0.39, 0.29) is 5.78 Å². The van der Waals surface area contributed by atoms with E-state index in [0.29, 0.717) is 23.4 Å². The van der Waals surface area contributed by atoms with Crippen molar-refractivity contribution in [1.29, 1.82) is 0 Å². The largest absolute Gasteiger partial charge is 0.489 e. The lowest BCUT2D eigenvalue weighted by Crippen LogP contribution is -2.07. The molecule has 3 aromatic rings. The summed E-state index contributed by atoms with van der Waals surface area (Å²) in [4.78, 5) is 12.7. The molecule has 23 heavy (non-hydrogen) atoms. The van der Waals surface area contributed by atoms with Gasteiger partial charge in [0.1, 0.15) is 12.4 Å². The van der Waals surface area contributed by atoms with E-state index < -0.39 is 0 Å². The van der Waals surface area contributed by atoms with Crippen LogP contribution >= 0.6 is 0 Å². The molecule has 0 heterocycles. The van der Waals surface area contributed by atoms with Crippen LogP contribution in [0.3, 0.4) is 0 Å². The van der Waals surface area contributed by atoms with Gasteiger partial charge in [-0.1, -0.05) is 42.5 Å².